The van der Waals surface area contributed by atoms with Crippen LogP contribution in [-0.4, -0.2) is 22.0 Å². The monoisotopic (exact) mass is 380 g/mol. The fourth-order valence-corrected chi connectivity index (χ4v) is 6.35. The van der Waals surface area contributed by atoms with Gasteiger partial charge in [-0.25, -0.2) is 13.1 Å². The first-order valence-corrected chi connectivity index (χ1v) is 10.0. The molecule has 2 N–H and O–H groups in total. The van der Waals surface area contributed by atoms with Gasteiger partial charge in [-0.2, -0.15) is 0 Å². The van der Waals surface area contributed by atoms with Gasteiger partial charge in [-0.15, -0.1) is 11.3 Å². The van der Waals surface area contributed by atoms with Crippen LogP contribution in [0.25, 0.3) is 0 Å². The molecular formula is C13H21BrN2O2S2. The zero-order valence-corrected chi connectivity index (χ0v) is 14.8. The van der Waals surface area contributed by atoms with Crippen molar-refractivity contribution in [2.24, 2.45) is 5.92 Å². The number of sulfonamides is 1. The lowest BCUT2D eigenvalue weighted by molar-refractivity contribution is 0.357. The Hall–Kier alpha value is 0.0500. The molecule has 1 aromatic rings. The predicted octanol–water partition coefficient (Wildman–Crippen LogP) is 3.09. The summed E-state index contributed by atoms with van der Waals surface area (Å²) in [5, 5.41) is 3.03. The first-order chi connectivity index (χ1) is 9.53. The molecule has 20 heavy (non-hydrogen) atoms. The van der Waals surface area contributed by atoms with Crippen LogP contribution in [0.1, 0.15) is 37.0 Å². The fourth-order valence-electron chi connectivity index (χ4n) is 2.54. The summed E-state index contributed by atoms with van der Waals surface area (Å²) >= 11 is 4.82. The van der Waals surface area contributed by atoms with Gasteiger partial charge in [-0.3, -0.25) is 0 Å². The van der Waals surface area contributed by atoms with Crippen molar-refractivity contribution in [2.45, 2.75) is 43.5 Å². The smallest absolute Gasteiger partial charge is 0.242 e. The van der Waals surface area contributed by atoms with E-state index in [4.69, 9.17) is 0 Å². The molecule has 1 aliphatic carbocycles. The highest BCUT2D eigenvalue weighted by Crippen LogP contribution is 2.32. The molecule has 0 aromatic carbocycles. The molecule has 7 heteroatoms. The van der Waals surface area contributed by atoms with Gasteiger partial charge < -0.3 is 5.32 Å². The number of hydrogen-bond donors (Lipinski definition) is 2. The topological polar surface area (TPSA) is 58.2 Å². The molecule has 0 radical (unpaired) electrons. The minimum Gasteiger partial charge on any atom is -0.315 e. The SMILES string of the molecule is CNCc1cc(S(=O)(=O)NCC2CCCCC2)c(Br)s1. The Balaban J connectivity index is 2.01. The molecule has 0 saturated heterocycles. The molecule has 1 heterocycles. The predicted molar refractivity (Wildman–Crippen MR) is 86.5 cm³/mol. The zero-order chi connectivity index (χ0) is 14.6. The van der Waals surface area contributed by atoms with Crippen molar-refractivity contribution in [1.29, 1.82) is 0 Å². The van der Waals surface area contributed by atoms with Crippen LogP contribution < -0.4 is 10.0 Å². The lowest BCUT2D eigenvalue weighted by Crippen LogP contribution is -2.30. The molecule has 1 aromatic heterocycles. The Kier molecular flexibility index (Phi) is 6.04. The molecule has 4 nitrogen and oxygen atoms in total. The van der Waals surface area contributed by atoms with E-state index in [0.29, 0.717) is 27.7 Å². The molecule has 2 rings (SSSR count). The third kappa shape index (κ3) is 4.27. The Morgan fingerprint density at radius 3 is 2.70 bits per heavy atom. The second-order valence-corrected chi connectivity index (χ2v) is 9.43. The van der Waals surface area contributed by atoms with E-state index in [-0.39, 0.29) is 0 Å². The van der Waals surface area contributed by atoms with Gasteiger partial charge in [0.05, 0.1) is 3.79 Å². The summed E-state index contributed by atoms with van der Waals surface area (Å²) in [6.45, 7) is 1.24. The van der Waals surface area contributed by atoms with Crippen LogP contribution in [0.5, 0.6) is 0 Å². The normalized spacial score (nSPS) is 17.5. The van der Waals surface area contributed by atoms with Crippen molar-refractivity contribution in [2.75, 3.05) is 13.6 Å². The number of hydrogen-bond acceptors (Lipinski definition) is 4. The van der Waals surface area contributed by atoms with Gasteiger partial charge in [0, 0.05) is 18.0 Å². The van der Waals surface area contributed by atoms with Gasteiger partial charge in [0.15, 0.2) is 0 Å². The summed E-state index contributed by atoms with van der Waals surface area (Å²) in [5.41, 5.74) is 0. The minimum atomic E-state index is -3.40. The van der Waals surface area contributed by atoms with Crippen LogP contribution in [0.2, 0.25) is 0 Å². The molecule has 0 amide bonds. The molecular weight excluding hydrogens is 360 g/mol. The summed E-state index contributed by atoms with van der Waals surface area (Å²) < 4.78 is 28.2. The molecule has 0 spiro atoms. The van der Waals surface area contributed by atoms with E-state index in [1.807, 2.05) is 7.05 Å². The maximum Gasteiger partial charge on any atom is 0.242 e. The second-order valence-electron chi connectivity index (χ2n) is 5.24. The minimum absolute atomic E-state index is 0.364. The van der Waals surface area contributed by atoms with Gasteiger partial charge in [0.2, 0.25) is 10.0 Å². The summed E-state index contributed by atoms with van der Waals surface area (Å²) in [4.78, 5) is 1.38. The Bertz CT molecular complexity index is 537. The van der Waals surface area contributed by atoms with Crippen LogP contribution in [0.3, 0.4) is 0 Å². The molecule has 0 bridgehead atoms. The largest absolute Gasteiger partial charge is 0.315 e. The first-order valence-electron chi connectivity index (χ1n) is 6.95. The maximum atomic E-state index is 12.4. The van der Waals surface area contributed by atoms with E-state index in [1.165, 1.54) is 30.6 Å². The molecule has 0 unspecified atom stereocenters. The van der Waals surface area contributed by atoms with Crippen molar-refractivity contribution >= 4 is 37.3 Å². The Morgan fingerprint density at radius 1 is 1.35 bits per heavy atom. The van der Waals surface area contributed by atoms with E-state index < -0.39 is 10.0 Å². The average molecular weight is 381 g/mol. The van der Waals surface area contributed by atoms with Crippen molar-refractivity contribution in [3.05, 3.63) is 14.7 Å². The average Bonchev–Trinajstić information content (AvgIpc) is 2.80. The number of nitrogens with one attached hydrogen (secondary N) is 2. The van der Waals surface area contributed by atoms with Gasteiger partial charge in [0.1, 0.15) is 4.90 Å². The van der Waals surface area contributed by atoms with Gasteiger partial charge in [-0.05, 0) is 47.8 Å². The molecule has 1 aliphatic rings. The standard InChI is InChI=1S/C13H21BrN2O2S2/c1-15-9-11-7-12(13(14)19-11)20(17,18)16-8-10-5-3-2-4-6-10/h7,10,15-16H,2-6,8-9H2,1H3. The van der Waals surface area contributed by atoms with E-state index in [2.05, 4.69) is 26.0 Å². The molecule has 1 saturated carbocycles. The maximum absolute atomic E-state index is 12.4. The van der Waals surface area contributed by atoms with Crippen LogP contribution in [0.4, 0.5) is 0 Å². The van der Waals surface area contributed by atoms with Gasteiger partial charge in [0.25, 0.3) is 0 Å². The first kappa shape index (κ1) is 16.4. The van der Waals surface area contributed by atoms with Crippen molar-refractivity contribution in [3.8, 4) is 0 Å². The van der Waals surface area contributed by atoms with Crippen molar-refractivity contribution in [3.63, 3.8) is 0 Å². The molecule has 114 valence electrons. The number of thiophene rings is 1. The second kappa shape index (κ2) is 7.35. The third-order valence-corrected chi connectivity index (χ3v) is 7.31. The van der Waals surface area contributed by atoms with Crippen molar-refractivity contribution < 1.29 is 8.42 Å². The van der Waals surface area contributed by atoms with Gasteiger partial charge in [-0.1, -0.05) is 19.3 Å². The Morgan fingerprint density at radius 2 is 2.05 bits per heavy atom. The number of halogens is 1. The highest BCUT2D eigenvalue weighted by Gasteiger charge is 2.22. The van der Waals surface area contributed by atoms with E-state index in [0.717, 1.165) is 17.7 Å². The van der Waals surface area contributed by atoms with Crippen LogP contribution >= 0.6 is 27.3 Å². The van der Waals surface area contributed by atoms with E-state index in [9.17, 15) is 8.42 Å². The zero-order valence-electron chi connectivity index (χ0n) is 11.6. The quantitative estimate of drug-likeness (QED) is 0.796. The van der Waals surface area contributed by atoms with Crippen molar-refractivity contribution in [1.82, 2.24) is 10.0 Å². The van der Waals surface area contributed by atoms with E-state index in [1.54, 1.807) is 6.07 Å². The molecule has 0 atom stereocenters. The lowest BCUT2D eigenvalue weighted by Gasteiger charge is -2.21. The van der Waals surface area contributed by atoms with Gasteiger partial charge >= 0.3 is 0 Å². The fraction of sp³-hybridized carbons (Fsp3) is 0.692. The van der Waals surface area contributed by atoms with Crippen LogP contribution in [0, 0.1) is 5.92 Å². The van der Waals surface area contributed by atoms with Crippen LogP contribution in [0.15, 0.2) is 14.7 Å². The summed E-state index contributed by atoms with van der Waals surface area (Å²) in [6, 6.07) is 1.74. The van der Waals surface area contributed by atoms with Crippen LogP contribution in [-0.2, 0) is 16.6 Å². The molecule has 1 fully saturated rings. The Labute approximate surface area is 133 Å². The lowest BCUT2D eigenvalue weighted by atomic mass is 9.90. The third-order valence-electron chi connectivity index (χ3n) is 3.63. The van der Waals surface area contributed by atoms with E-state index >= 15 is 0 Å². The summed E-state index contributed by atoms with van der Waals surface area (Å²) in [5.74, 6) is 0.493. The highest BCUT2D eigenvalue weighted by atomic mass is 79.9. The summed E-state index contributed by atoms with van der Waals surface area (Å²) in [7, 11) is -1.55. The highest BCUT2D eigenvalue weighted by molar-refractivity contribution is 9.11. The summed E-state index contributed by atoms with van der Waals surface area (Å²) in [6.07, 6.45) is 6.01. The molecule has 0 aliphatic heterocycles. The number of rotatable bonds is 6.